The fourth-order valence-electron chi connectivity index (χ4n) is 2.76. The number of hydrogen-bond donors (Lipinski definition) is 1. The quantitative estimate of drug-likeness (QED) is 0.839. The topological polar surface area (TPSA) is 54.4 Å². The van der Waals surface area contributed by atoms with Gasteiger partial charge in [-0.25, -0.2) is 0 Å². The van der Waals surface area contributed by atoms with Gasteiger partial charge in [0.2, 0.25) is 0 Å². The van der Waals surface area contributed by atoms with Gasteiger partial charge in [0.15, 0.2) is 0 Å². The number of hydrogen-bond acceptors (Lipinski definition) is 3. The van der Waals surface area contributed by atoms with Crippen LogP contribution in [0, 0.1) is 13.8 Å². The highest BCUT2D eigenvalue weighted by Crippen LogP contribution is 2.28. The summed E-state index contributed by atoms with van der Waals surface area (Å²) in [5, 5.41) is 0. The van der Waals surface area contributed by atoms with Crippen molar-refractivity contribution in [3.05, 3.63) is 39.4 Å². The number of esters is 1. The van der Waals surface area contributed by atoms with Gasteiger partial charge < -0.3 is 9.72 Å². The molecule has 0 unspecified atom stereocenters. The number of aromatic amines is 1. The molecule has 4 nitrogen and oxygen atoms in total. The van der Waals surface area contributed by atoms with Crippen LogP contribution in [-0.2, 0) is 16.0 Å². The molecule has 0 aromatic carbocycles. The third-order valence-electron chi connectivity index (χ3n) is 4.35. The minimum absolute atomic E-state index is 0.185. The van der Waals surface area contributed by atoms with Crippen LogP contribution in [0.4, 0.5) is 0 Å². The van der Waals surface area contributed by atoms with Gasteiger partial charge in [0.05, 0.1) is 12.8 Å². The first-order chi connectivity index (χ1) is 10.5. The van der Waals surface area contributed by atoms with E-state index in [2.05, 4.69) is 48.5 Å². The Morgan fingerprint density at radius 1 is 1.36 bits per heavy atom. The molecule has 0 bridgehead atoms. The van der Waals surface area contributed by atoms with Gasteiger partial charge in [-0.15, -0.1) is 0 Å². The van der Waals surface area contributed by atoms with Crippen LogP contribution in [0.2, 0.25) is 0 Å². The summed E-state index contributed by atoms with van der Waals surface area (Å²) in [6, 6.07) is 0. The lowest BCUT2D eigenvalue weighted by Crippen LogP contribution is -2.00. The third kappa shape index (κ3) is 3.21. The Hall–Kier alpha value is -2.10. The van der Waals surface area contributed by atoms with E-state index in [1.54, 1.807) is 0 Å². The SMILES string of the molecule is CCc1c(/C=C2\N=CC(CCC(=O)OC)=C2C)[nH]c(C)c1C. The number of allylic oxidation sites excluding steroid dienone is 2. The number of carbonyl (C=O) groups is 1. The van der Waals surface area contributed by atoms with E-state index in [1.807, 2.05) is 6.21 Å². The van der Waals surface area contributed by atoms with E-state index in [0.29, 0.717) is 12.8 Å². The van der Waals surface area contributed by atoms with Crippen LogP contribution in [-0.4, -0.2) is 24.3 Å². The first-order valence-corrected chi connectivity index (χ1v) is 7.68. The van der Waals surface area contributed by atoms with E-state index < -0.39 is 0 Å². The minimum atomic E-state index is -0.185. The molecule has 0 atom stereocenters. The molecule has 0 radical (unpaired) electrons. The van der Waals surface area contributed by atoms with Crippen molar-refractivity contribution in [2.75, 3.05) is 7.11 Å². The molecule has 0 amide bonds. The lowest BCUT2D eigenvalue weighted by Gasteiger charge is -2.03. The lowest BCUT2D eigenvalue weighted by atomic mass is 10.0. The van der Waals surface area contributed by atoms with Gasteiger partial charge in [0.25, 0.3) is 0 Å². The number of nitrogens with one attached hydrogen (secondary N) is 1. The number of aliphatic imine (C=N–C) groups is 1. The van der Waals surface area contributed by atoms with Crippen LogP contribution in [0.3, 0.4) is 0 Å². The summed E-state index contributed by atoms with van der Waals surface area (Å²) in [4.78, 5) is 19.2. The number of methoxy groups -OCH3 is 1. The summed E-state index contributed by atoms with van der Waals surface area (Å²) in [5.41, 5.74) is 8.22. The van der Waals surface area contributed by atoms with Crippen molar-refractivity contribution in [1.29, 1.82) is 0 Å². The fraction of sp³-hybridized carbons (Fsp3) is 0.444. The Labute approximate surface area is 132 Å². The number of aryl methyl sites for hydroxylation is 1. The molecule has 2 heterocycles. The van der Waals surface area contributed by atoms with E-state index in [4.69, 9.17) is 0 Å². The Morgan fingerprint density at radius 3 is 2.73 bits per heavy atom. The molecule has 22 heavy (non-hydrogen) atoms. The van der Waals surface area contributed by atoms with Gasteiger partial charge in [-0.2, -0.15) is 0 Å². The van der Waals surface area contributed by atoms with Crippen molar-refractivity contribution < 1.29 is 9.53 Å². The molecule has 0 saturated heterocycles. The highest BCUT2D eigenvalue weighted by Gasteiger charge is 2.15. The smallest absolute Gasteiger partial charge is 0.305 e. The van der Waals surface area contributed by atoms with Crippen molar-refractivity contribution >= 4 is 18.3 Å². The number of rotatable bonds is 5. The van der Waals surface area contributed by atoms with Crippen molar-refractivity contribution in [2.24, 2.45) is 4.99 Å². The predicted octanol–water partition coefficient (Wildman–Crippen LogP) is 3.89. The Balaban J connectivity index is 2.24. The average molecular weight is 300 g/mol. The molecule has 1 aliphatic rings. The van der Waals surface area contributed by atoms with Crippen LogP contribution in [0.1, 0.15) is 49.2 Å². The molecule has 1 aromatic heterocycles. The van der Waals surface area contributed by atoms with Gasteiger partial charge in [-0.3, -0.25) is 9.79 Å². The molecule has 0 aliphatic carbocycles. The molecule has 118 valence electrons. The number of nitrogens with zero attached hydrogens (tertiary/aromatic N) is 1. The molecular formula is C18H24N2O2. The predicted molar refractivity (Wildman–Crippen MR) is 90.1 cm³/mol. The van der Waals surface area contributed by atoms with Gasteiger partial charge in [0, 0.05) is 24.0 Å². The second kappa shape index (κ2) is 6.77. The number of ether oxygens (including phenoxy) is 1. The third-order valence-corrected chi connectivity index (χ3v) is 4.35. The standard InChI is InChI=1S/C18H24N2O2/c1-6-15-11(2)13(4)20-17(15)9-16-12(3)14(10-19-16)7-8-18(21)22-5/h9-10,20H,6-8H2,1-5H3/b16-9-. The van der Waals surface area contributed by atoms with Gasteiger partial charge in [-0.1, -0.05) is 6.92 Å². The zero-order valence-electron chi connectivity index (χ0n) is 14.0. The summed E-state index contributed by atoms with van der Waals surface area (Å²) in [6.07, 6.45) is 6.03. The zero-order chi connectivity index (χ0) is 16.3. The van der Waals surface area contributed by atoms with Gasteiger partial charge >= 0.3 is 5.97 Å². The Bertz CT molecular complexity index is 676. The molecule has 0 spiro atoms. The van der Waals surface area contributed by atoms with Crippen molar-refractivity contribution in [2.45, 2.75) is 47.0 Å². The summed E-state index contributed by atoms with van der Waals surface area (Å²) in [7, 11) is 1.42. The molecule has 1 aromatic rings. The van der Waals surface area contributed by atoms with Crippen LogP contribution >= 0.6 is 0 Å². The van der Waals surface area contributed by atoms with E-state index >= 15 is 0 Å². The van der Waals surface area contributed by atoms with E-state index in [-0.39, 0.29) is 5.97 Å². The van der Waals surface area contributed by atoms with Crippen LogP contribution in [0.25, 0.3) is 6.08 Å². The van der Waals surface area contributed by atoms with Crippen molar-refractivity contribution in [3.63, 3.8) is 0 Å². The molecule has 4 heteroatoms. The maximum atomic E-state index is 11.3. The largest absolute Gasteiger partial charge is 0.469 e. The Kier molecular flexibility index (Phi) is 5.01. The van der Waals surface area contributed by atoms with Crippen molar-refractivity contribution in [3.8, 4) is 0 Å². The first-order valence-electron chi connectivity index (χ1n) is 7.68. The minimum Gasteiger partial charge on any atom is -0.469 e. The molecule has 1 N–H and O–H groups in total. The molecule has 0 saturated carbocycles. The van der Waals surface area contributed by atoms with E-state index in [9.17, 15) is 4.79 Å². The van der Waals surface area contributed by atoms with Crippen LogP contribution in [0.15, 0.2) is 21.8 Å². The molecule has 2 rings (SSSR count). The maximum absolute atomic E-state index is 11.3. The van der Waals surface area contributed by atoms with E-state index in [0.717, 1.165) is 29.0 Å². The zero-order valence-corrected chi connectivity index (χ0v) is 14.0. The molecular weight excluding hydrogens is 276 g/mol. The van der Waals surface area contributed by atoms with E-state index in [1.165, 1.54) is 23.9 Å². The summed E-state index contributed by atoms with van der Waals surface area (Å²) in [5.74, 6) is -0.185. The molecule has 0 fully saturated rings. The summed E-state index contributed by atoms with van der Waals surface area (Å²) < 4.78 is 4.69. The summed E-state index contributed by atoms with van der Waals surface area (Å²) >= 11 is 0. The fourth-order valence-corrected chi connectivity index (χ4v) is 2.76. The highest BCUT2D eigenvalue weighted by atomic mass is 16.5. The maximum Gasteiger partial charge on any atom is 0.305 e. The first kappa shape index (κ1) is 16.3. The normalized spacial score (nSPS) is 16.0. The average Bonchev–Trinajstić information content (AvgIpc) is 2.98. The number of aromatic nitrogens is 1. The second-order valence-electron chi connectivity index (χ2n) is 5.63. The van der Waals surface area contributed by atoms with Crippen LogP contribution < -0.4 is 0 Å². The number of carbonyl (C=O) groups excluding carboxylic acids is 1. The number of H-pyrrole nitrogens is 1. The van der Waals surface area contributed by atoms with Crippen molar-refractivity contribution in [1.82, 2.24) is 4.98 Å². The highest BCUT2D eigenvalue weighted by molar-refractivity contribution is 5.88. The molecule has 1 aliphatic heterocycles. The lowest BCUT2D eigenvalue weighted by molar-refractivity contribution is -0.140. The van der Waals surface area contributed by atoms with Crippen LogP contribution in [0.5, 0.6) is 0 Å². The van der Waals surface area contributed by atoms with Gasteiger partial charge in [0.1, 0.15) is 0 Å². The monoisotopic (exact) mass is 300 g/mol. The second-order valence-corrected chi connectivity index (χ2v) is 5.63. The summed E-state index contributed by atoms with van der Waals surface area (Å²) in [6.45, 7) is 8.47. The Morgan fingerprint density at radius 2 is 2.09 bits per heavy atom. The van der Waals surface area contributed by atoms with Gasteiger partial charge in [-0.05, 0) is 62.0 Å².